The molecule has 0 aliphatic rings. The fourth-order valence-corrected chi connectivity index (χ4v) is 3.71. The van der Waals surface area contributed by atoms with E-state index in [1.165, 1.54) is 5.56 Å². The number of hydrogen-bond acceptors (Lipinski definition) is 4. The van der Waals surface area contributed by atoms with Gasteiger partial charge < -0.3 is 14.5 Å². The Morgan fingerprint density at radius 2 is 2.00 bits per heavy atom. The number of imidazole rings is 1. The molecule has 0 aliphatic heterocycles. The molecule has 0 spiro atoms. The molecule has 0 saturated heterocycles. The molecule has 0 amide bonds. The van der Waals surface area contributed by atoms with Crippen LogP contribution in [0.3, 0.4) is 0 Å². The summed E-state index contributed by atoms with van der Waals surface area (Å²) in [4.78, 5) is 8.00. The maximum Gasteiger partial charge on any atom is 0.166 e. The third-order valence-corrected chi connectivity index (χ3v) is 5.16. The van der Waals surface area contributed by atoms with Gasteiger partial charge in [-0.1, -0.05) is 36.0 Å². The van der Waals surface area contributed by atoms with Gasteiger partial charge >= 0.3 is 0 Å². The van der Waals surface area contributed by atoms with Gasteiger partial charge in [0.2, 0.25) is 0 Å². The van der Waals surface area contributed by atoms with E-state index in [2.05, 4.69) is 35.1 Å². The van der Waals surface area contributed by atoms with E-state index >= 15 is 0 Å². The number of H-pyrrole nitrogens is 1. The second-order valence-corrected chi connectivity index (χ2v) is 7.46. The highest BCUT2D eigenvalue weighted by atomic mass is 32.2. The van der Waals surface area contributed by atoms with E-state index in [1.54, 1.807) is 18.9 Å². The Kier molecular flexibility index (Phi) is 6.82. The van der Waals surface area contributed by atoms with Gasteiger partial charge in [0.15, 0.2) is 16.7 Å². The first-order valence-corrected chi connectivity index (χ1v) is 10.2. The lowest BCUT2D eigenvalue weighted by molar-refractivity contribution is 0.288. The molecule has 4 nitrogen and oxygen atoms in total. The standard InChI is InChI=1S/C22H26N2O2S/c1-4-7-17-9-11-20(21(15-17)25-3)26-12-5-6-13-27-22-23-18-10-8-16(2)14-19(18)24-22/h4,7-11,14-15H,5-6,12-13H2,1-3H3,(H,23,24)/b7-4+. The minimum atomic E-state index is 0.680. The quantitative estimate of drug-likeness (QED) is 0.372. The number of aryl methyl sites for hydroxylation is 1. The largest absolute Gasteiger partial charge is 0.493 e. The number of nitrogens with one attached hydrogen (secondary N) is 1. The second-order valence-electron chi connectivity index (χ2n) is 6.38. The fourth-order valence-electron chi connectivity index (χ4n) is 2.82. The van der Waals surface area contributed by atoms with Crippen LogP contribution in [0.25, 0.3) is 17.1 Å². The van der Waals surface area contributed by atoms with Crippen LogP contribution >= 0.6 is 11.8 Å². The number of aromatic amines is 1. The first-order valence-electron chi connectivity index (χ1n) is 9.22. The molecule has 3 rings (SSSR count). The lowest BCUT2D eigenvalue weighted by Gasteiger charge is -2.11. The Morgan fingerprint density at radius 1 is 1.11 bits per heavy atom. The number of aromatic nitrogens is 2. The Hall–Kier alpha value is -2.40. The van der Waals surface area contributed by atoms with Crippen molar-refractivity contribution in [2.24, 2.45) is 0 Å². The van der Waals surface area contributed by atoms with Gasteiger partial charge in [-0.3, -0.25) is 0 Å². The van der Waals surface area contributed by atoms with Crippen LogP contribution in [-0.2, 0) is 0 Å². The molecule has 0 radical (unpaired) electrons. The fraction of sp³-hybridized carbons (Fsp3) is 0.318. The first kappa shape index (κ1) is 19.4. The van der Waals surface area contributed by atoms with E-state index in [0.29, 0.717) is 6.61 Å². The molecule has 27 heavy (non-hydrogen) atoms. The highest BCUT2D eigenvalue weighted by Gasteiger charge is 2.06. The summed E-state index contributed by atoms with van der Waals surface area (Å²) in [7, 11) is 1.67. The Morgan fingerprint density at radius 3 is 2.81 bits per heavy atom. The third kappa shape index (κ3) is 5.30. The molecule has 1 N–H and O–H groups in total. The predicted octanol–water partition coefficient (Wildman–Crippen LogP) is 5.86. The van der Waals surface area contributed by atoms with Gasteiger partial charge in [0, 0.05) is 5.75 Å². The average molecular weight is 383 g/mol. The van der Waals surface area contributed by atoms with E-state index in [9.17, 15) is 0 Å². The van der Waals surface area contributed by atoms with Crippen molar-refractivity contribution in [2.45, 2.75) is 31.8 Å². The van der Waals surface area contributed by atoms with Crippen LogP contribution in [-0.4, -0.2) is 29.4 Å². The van der Waals surface area contributed by atoms with Crippen LogP contribution in [0.4, 0.5) is 0 Å². The Balaban J connectivity index is 1.42. The van der Waals surface area contributed by atoms with E-state index in [4.69, 9.17) is 9.47 Å². The topological polar surface area (TPSA) is 47.1 Å². The number of thioether (sulfide) groups is 1. The molecule has 142 valence electrons. The number of rotatable bonds is 9. The second kappa shape index (κ2) is 9.51. The number of hydrogen-bond donors (Lipinski definition) is 1. The van der Waals surface area contributed by atoms with E-state index < -0.39 is 0 Å². The lowest BCUT2D eigenvalue weighted by Crippen LogP contribution is -2.00. The van der Waals surface area contributed by atoms with Crippen LogP contribution < -0.4 is 9.47 Å². The number of ether oxygens (including phenoxy) is 2. The van der Waals surface area contributed by atoms with E-state index in [1.807, 2.05) is 37.3 Å². The summed E-state index contributed by atoms with van der Waals surface area (Å²) >= 11 is 1.76. The zero-order valence-corrected chi connectivity index (χ0v) is 16.9. The molecule has 0 saturated carbocycles. The highest BCUT2D eigenvalue weighted by molar-refractivity contribution is 7.99. The molecular weight excluding hydrogens is 356 g/mol. The van der Waals surface area contributed by atoms with Gasteiger partial charge in [0.25, 0.3) is 0 Å². The first-order chi connectivity index (χ1) is 13.2. The van der Waals surface area contributed by atoms with Crippen molar-refractivity contribution < 1.29 is 9.47 Å². The number of fused-ring (bicyclic) bond motifs is 1. The predicted molar refractivity (Wildman–Crippen MR) is 114 cm³/mol. The molecule has 0 aliphatic carbocycles. The molecule has 3 aromatic rings. The zero-order valence-electron chi connectivity index (χ0n) is 16.1. The van der Waals surface area contributed by atoms with Crippen molar-refractivity contribution in [1.29, 1.82) is 0 Å². The smallest absolute Gasteiger partial charge is 0.166 e. The van der Waals surface area contributed by atoms with Gasteiger partial charge in [0.05, 0.1) is 24.8 Å². The van der Waals surface area contributed by atoms with Crippen LogP contribution in [0.1, 0.15) is 30.9 Å². The maximum atomic E-state index is 5.89. The van der Waals surface area contributed by atoms with Gasteiger partial charge in [-0.2, -0.15) is 0 Å². The van der Waals surface area contributed by atoms with Gasteiger partial charge in [-0.25, -0.2) is 4.98 Å². The molecule has 0 unspecified atom stereocenters. The summed E-state index contributed by atoms with van der Waals surface area (Å²) in [6.07, 6.45) is 6.12. The van der Waals surface area contributed by atoms with Crippen molar-refractivity contribution in [3.63, 3.8) is 0 Å². The summed E-state index contributed by atoms with van der Waals surface area (Å²) in [6, 6.07) is 12.3. The monoisotopic (exact) mass is 382 g/mol. The summed E-state index contributed by atoms with van der Waals surface area (Å²) in [5.74, 6) is 2.59. The summed E-state index contributed by atoms with van der Waals surface area (Å²) < 4.78 is 11.3. The van der Waals surface area contributed by atoms with Crippen LogP contribution in [0.15, 0.2) is 47.6 Å². The number of allylic oxidation sites excluding steroid dienone is 1. The van der Waals surface area contributed by atoms with E-state index in [0.717, 1.165) is 51.8 Å². The third-order valence-electron chi connectivity index (χ3n) is 4.20. The normalized spacial score (nSPS) is 11.4. The van der Waals surface area contributed by atoms with Gasteiger partial charge in [0.1, 0.15) is 0 Å². The molecule has 1 heterocycles. The number of nitrogens with zero attached hydrogens (tertiary/aromatic N) is 1. The number of benzene rings is 2. The summed E-state index contributed by atoms with van der Waals surface area (Å²) in [5, 5.41) is 0.984. The molecule has 5 heteroatoms. The van der Waals surface area contributed by atoms with Crippen molar-refractivity contribution in [3.8, 4) is 11.5 Å². The Bertz CT molecular complexity index is 918. The molecule has 0 fully saturated rings. The van der Waals surface area contributed by atoms with Gasteiger partial charge in [-0.15, -0.1) is 0 Å². The molecular formula is C22H26N2O2S. The lowest BCUT2D eigenvalue weighted by atomic mass is 10.2. The molecule has 1 aromatic heterocycles. The summed E-state index contributed by atoms with van der Waals surface area (Å²) in [6.45, 7) is 4.77. The van der Waals surface area contributed by atoms with Gasteiger partial charge in [-0.05, 0) is 62.1 Å². The van der Waals surface area contributed by atoms with Crippen LogP contribution in [0.5, 0.6) is 11.5 Å². The molecule has 0 bridgehead atoms. The minimum absolute atomic E-state index is 0.680. The Labute approximate surface area is 165 Å². The van der Waals surface area contributed by atoms with Crippen LogP contribution in [0, 0.1) is 6.92 Å². The van der Waals surface area contributed by atoms with Crippen molar-refractivity contribution >= 4 is 28.9 Å². The zero-order chi connectivity index (χ0) is 19.1. The van der Waals surface area contributed by atoms with Crippen LogP contribution in [0.2, 0.25) is 0 Å². The van der Waals surface area contributed by atoms with Crippen molar-refractivity contribution in [3.05, 3.63) is 53.6 Å². The van der Waals surface area contributed by atoms with E-state index in [-0.39, 0.29) is 0 Å². The SMILES string of the molecule is C/C=C/c1ccc(OCCCCSc2nc3ccc(C)cc3[nH]2)c(OC)c1. The highest BCUT2D eigenvalue weighted by Crippen LogP contribution is 2.29. The molecule has 2 aromatic carbocycles. The maximum absolute atomic E-state index is 5.89. The van der Waals surface area contributed by atoms with Crippen molar-refractivity contribution in [1.82, 2.24) is 9.97 Å². The summed E-state index contributed by atoms with van der Waals surface area (Å²) in [5.41, 5.74) is 4.49. The average Bonchev–Trinajstić information content (AvgIpc) is 3.07. The number of methoxy groups -OCH3 is 1. The number of unbranched alkanes of at least 4 members (excludes halogenated alkanes) is 1. The minimum Gasteiger partial charge on any atom is -0.493 e. The molecule has 0 atom stereocenters. The van der Waals surface area contributed by atoms with Crippen molar-refractivity contribution in [2.75, 3.05) is 19.5 Å².